The summed E-state index contributed by atoms with van der Waals surface area (Å²) in [6.07, 6.45) is 1.88. The van der Waals surface area contributed by atoms with E-state index >= 15 is 0 Å². The van der Waals surface area contributed by atoms with Crippen molar-refractivity contribution in [1.29, 1.82) is 0 Å². The molecular weight excluding hydrogens is 220 g/mol. The summed E-state index contributed by atoms with van der Waals surface area (Å²) >= 11 is 5.00. The maximum atomic E-state index is 5.64. The highest BCUT2D eigenvalue weighted by Crippen LogP contribution is 2.11. The van der Waals surface area contributed by atoms with Crippen LogP contribution in [0.1, 0.15) is 33.6 Å². The van der Waals surface area contributed by atoms with E-state index in [-0.39, 0.29) is 0 Å². The number of rotatable bonds is 9. The Hall–Kier alpha value is -0.190. The first-order valence-corrected chi connectivity index (χ1v) is 6.43. The number of nitrogens with zero attached hydrogens (tertiary/aromatic N) is 1. The van der Waals surface area contributed by atoms with Crippen LogP contribution in [0, 0.1) is 5.92 Å². The zero-order valence-corrected chi connectivity index (χ0v) is 11.8. The topological polar surface area (TPSA) is 38.5 Å². The lowest BCUT2D eigenvalue weighted by Crippen LogP contribution is -2.41. The molecule has 0 saturated heterocycles. The van der Waals surface area contributed by atoms with E-state index in [4.69, 9.17) is 22.7 Å². The molecule has 16 heavy (non-hydrogen) atoms. The van der Waals surface area contributed by atoms with Gasteiger partial charge in [0.15, 0.2) is 0 Å². The monoisotopic (exact) mass is 246 g/mol. The number of nitrogens with two attached hydrogens (primary N) is 1. The summed E-state index contributed by atoms with van der Waals surface area (Å²) in [6.45, 7) is 9.44. The van der Waals surface area contributed by atoms with Gasteiger partial charge in [-0.25, -0.2) is 0 Å². The summed E-state index contributed by atoms with van der Waals surface area (Å²) in [4.78, 5) is 3.05. The van der Waals surface area contributed by atoms with Gasteiger partial charge < -0.3 is 10.5 Å². The summed E-state index contributed by atoms with van der Waals surface area (Å²) in [5.41, 5.74) is 5.64. The molecule has 0 aromatic heterocycles. The van der Waals surface area contributed by atoms with Gasteiger partial charge >= 0.3 is 0 Å². The van der Waals surface area contributed by atoms with E-state index in [1.807, 2.05) is 0 Å². The number of hydrogen-bond acceptors (Lipinski definition) is 3. The van der Waals surface area contributed by atoms with E-state index in [0.29, 0.717) is 16.9 Å². The maximum absolute atomic E-state index is 5.64. The molecule has 0 bridgehead atoms. The Morgan fingerprint density at radius 2 is 2.06 bits per heavy atom. The van der Waals surface area contributed by atoms with Crippen molar-refractivity contribution in [2.45, 2.75) is 39.7 Å². The Morgan fingerprint density at radius 3 is 2.44 bits per heavy atom. The van der Waals surface area contributed by atoms with E-state index in [1.54, 1.807) is 7.11 Å². The first-order valence-electron chi connectivity index (χ1n) is 6.02. The molecular formula is C12H26N2OS. The predicted molar refractivity (Wildman–Crippen MR) is 73.8 cm³/mol. The van der Waals surface area contributed by atoms with Crippen LogP contribution in [0.2, 0.25) is 0 Å². The van der Waals surface area contributed by atoms with Crippen LogP contribution in [-0.2, 0) is 4.74 Å². The van der Waals surface area contributed by atoms with Crippen molar-refractivity contribution in [2.75, 3.05) is 26.8 Å². The minimum absolute atomic E-state index is 0.454. The Kier molecular flexibility index (Phi) is 8.80. The molecule has 0 spiro atoms. The molecule has 0 aliphatic heterocycles. The summed E-state index contributed by atoms with van der Waals surface area (Å²) < 4.78 is 5.15. The first-order chi connectivity index (χ1) is 7.51. The van der Waals surface area contributed by atoms with Crippen molar-refractivity contribution in [3.05, 3.63) is 0 Å². The highest BCUT2D eigenvalue weighted by molar-refractivity contribution is 7.80. The normalized spacial score (nSPS) is 13.4. The number of methoxy groups -OCH3 is 1. The van der Waals surface area contributed by atoms with Crippen molar-refractivity contribution in [3.8, 4) is 0 Å². The van der Waals surface area contributed by atoms with Gasteiger partial charge in [0.2, 0.25) is 0 Å². The second-order valence-corrected chi connectivity index (χ2v) is 5.14. The molecule has 0 fully saturated rings. The van der Waals surface area contributed by atoms with Crippen molar-refractivity contribution in [1.82, 2.24) is 4.90 Å². The van der Waals surface area contributed by atoms with Gasteiger partial charge in [0.1, 0.15) is 0 Å². The van der Waals surface area contributed by atoms with E-state index in [1.165, 1.54) is 0 Å². The fourth-order valence-electron chi connectivity index (χ4n) is 1.86. The van der Waals surface area contributed by atoms with Gasteiger partial charge in [0, 0.05) is 32.7 Å². The summed E-state index contributed by atoms with van der Waals surface area (Å²) in [6, 6.07) is 0.454. The van der Waals surface area contributed by atoms with Gasteiger partial charge in [0.05, 0.1) is 11.6 Å². The Bertz CT molecular complexity index is 197. The van der Waals surface area contributed by atoms with Gasteiger partial charge in [-0.05, 0) is 12.3 Å². The van der Waals surface area contributed by atoms with Gasteiger partial charge in [-0.3, -0.25) is 4.90 Å². The molecule has 0 aromatic carbocycles. The predicted octanol–water partition coefficient (Wildman–Crippen LogP) is 2.05. The van der Waals surface area contributed by atoms with Gasteiger partial charge in [0.25, 0.3) is 0 Å². The lowest BCUT2D eigenvalue weighted by atomic mass is 10.1. The van der Waals surface area contributed by atoms with Crippen LogP contribution >= 0.6 is 12.2 Å². The SMILES string of the molecule is CCC(CC(N)=S)N(CCOC)CC(C)C. The molecule has 0 rings (SSSR count). The second-order valence-electron chi connectivity index (χ2n) is 4.61. The highest BCUT2D eigenvalue weighted by atomic mass is 32.1. The number of hydrogen-bond donors (Lipinski definition) is 1. The summed E-state index contributed by atoms with van der Waals surface area (Å²) in [5, 5.41) is 0. The average molecular weight is 246 g/mol. The van der Waals surface area contributed by atoms with Crippen LogP contribution in [0.15, 0.2) is 0 Å². The lowest BCUT2D eigenvalue weighted by Gasteiger charge is -2.32. The molecule has 0 radical (unpaired) electrons. The Labute approximate surface area is 105 Å². The largest absolute Gasteiger partial charge is 0.393 e. The molecule has 0 saturated carbocycles. The van der Waals surface area contributed by atoms with Crippen LogP contribution in [0.25, 0.3) is 0 Å². The average Bonchev–Trinajstić information content (AvgIpc) is 2.20. The quantitative estimate of drug-likeness (QED) is 0.632. The minimum Gasteiger partial charge on any atom is -0.393 e. The molecule has 0 amide bonds. The van der Waals surface area contributed by atoms with E-state index in [2.05, 4.69) is 25.7 Å². The van der Waals surface area contributed by atoms with Crippen molar-refractivity contribution < 1.29 is 4.74 Å². The van der Waals surface area contributed by atoms with Gasteiger partial charge in [-0.2, -0.15) is 0 Å². The molecule has 4 heteroatoms. The molecule has 0 aromatic rings. The molecule has 96 valence electrons. The molecule has 1 atom stereocenters. The smallest absolute Gasteiger partial charge is 0.0743 e. The Morgan fingerprint density at radius 1 is 1.44 bits per heavy atom. The highest BCUT2D eigenvalue weighted by Gasteiger charge is 2.18. The van der Waals surface area contributed by atoms with Crippen molar-refractivity contribution in [3.63, 3.8) is 0 Å². The van der Waals surface area contributed by atoms with Crippen molar-refractivity contribution in [2.24, 2.45) is 11.7 Å². The summed E-state index contributed by atoms with van der Waals surface area (Å²) in [7, 11) is 1.74. The molecule has 2 N–H and O–H groups in total. The van der Waals surface area contributed by atoms with Crippen LogP contribution in [0.4, 0.5) is 0 Å². The van der Waals surface area contributed by atoms with Crippen LogP contribution in [0.5, 0.6) is 0 Å². The zero-order chi connectivity index (χ0) is 12.6. The molecule has 0 aliphatic carbocycles. The molecule has 3 nitrogen and oxygen atoms in total. The lowest BCUT2D eigenvalue weighted by molar-refractivity contribution is 0.110. The minimum atomic E-state index is 0.454. The van der Waals surface area contributed by atoms with Crippen molar-refractivity contribution >= 4 is 17.2 Å². The fraction of sp³-hybridized carbons (Fsp3) is 0.917. The van der Waals surface area contributed by atoms with Gasteiger partial charge in [-0.15, -0.1) is 0 Å². The third-order valence-corrected chi connectivity index (χ3v) is 2.77. The van der Waals surface area contributed by atoms with E-state index < -0.39 is 0 Å². The summed E-state index contributed by atoms with van der Waals surface area (Å²) in [5.74, 6) is 0.650. The fourth-order valence-corrected chi connectivity index (χ4v) is 2.06. The standard InChI is InChI=1S/C12H26N2OS/c1-5-11(8-12(13)16)14(6-7-15-4)9-10(2)3/h10-11H,5-9H2,1-4H3,(H2,13,16). The number of thiocarbonyl (C=S) groups is 1. The molecule has 1 unspecified atom stereocenters. The van der Waals surface area contributed by atoms with Crippen LogP contribution in [0.3, 0.4) is 0 Å². The third-order valence-electron chi connectivity index (χ3n) is 2.61. The zero-order valence-electron chi connectivity index (χ0n) is 11.0. The molecule has 0 heterocycles. The van der Waals surface area contributed by atoms with Gasteiger partial charge in [-0.1, -0.05) is 33.0 Å². The van der Waals surface area contributed by atoms with E-state index in [0.717, 1.165) is 32.5 Å². The molecule has 0 aliphatic rings. The number of ether oxygens (including phenoxy) is 1. The first kappa shape index (κ1) is 15.8. The Balaban J connectivity index is 4.35. The van der Waals surface area contributed by atoms with Crippen LogP contribution in [-0.4, -0.2) is 42.7 Å². The third kappa shape index (κ3) is 7.14. The maximum Gasteiger partial charge on any atom is 0.0743 e. The van der Waals surface area contributed by atoms with Crippen LogP contribution < -0.4 is 5.73 Å². The van der Waals surface area contributed by atoms with E-state index in [9.17, 15) is 0 Å². The second kappa shape index (κ2) is 8.90.